The van der Waals surface area contributed by atoms with E-state index in [1.54, 1.807) is 6.07 Å². The molecule has 3 heteroatoms. The Labute approximate surface area is 109 Å². The molecule has 0 spiro atoms. The maximum Gasteiger partial charge on any atom is 0.278 e. The number of non-ortho nitro benzene ring substituents is 1. The monoisotopic (exact) mass is 246 g/mol. The molecule has 3 aromatic rings. The van der Waals surface area contributed by atoms with Crippen LogP contribution in [0.5, 0.6) is 0 Å². The maximum absolute atomic E-state index is 11.0. The van der Waals surface area contributed by atoms with E-state index in [-0.39, 0.29) is 10.6 Å². The summed E-state index contributed by atoms with van der Waals surface area (Å²) in [5.74, 6) is 0. The Morgan fingerprint density at radius 2 is 1.68 bits per heavy atom. The van der Waals surface area contributed by atoms with Crippen LogP contribution in [0.1, 0.15) is 0 Å². The fraction of sp³-hybridized carbons (Fsp3) is 0. The third-order valence-corrected chi connectivity index (χ3v) is 3.58. The largest absolute Gasteiger partial charge is 0.278 e. The van der Waals surface area contributed by atoms with Gasteiger partial charge >= 0.3 is 0 Å². The number of hydrogen-bond acceptors (Lipinski definition) is 2. The van der Waals surface area contributed by atoms with Gasteiger partial charge in [0.1, 0.15) is 0 Å². The summed E-state index contributed by atoms with van der Waals surface area (Å²) in [6.45, 7) is 0. The highest BCUT2D eigenvalue weighted by Gasteiger charge is 2.23. The molecule has 3 aromatic carbocycles. The van der Waals surface area contributed by atoms with E-state index in [9.17, 15) is 10.1 Å². The summed E-state index contributed by atoms with van der Waals surface area (Å²) < 4.78 is 0. The minimum Gasteiger partial charge on any atom is -0.258 e. The highest BCUT2D eigenvalue weighted by molar-refractivity contribution is 6.15. The number of nitro benzene ring substituents is 1. The van der Waals surface area contributed by atoms with Crippen molar-refractivity contribution in [3.63, 3.8) is 0 Å². The van der Waals surface area contributed by atoms with E-state index in [2.05, 4.69) is 12.1 Å². The van der Waals surface area contributed by atoms with Gasteiger partial charge in [-0.15, -0.1) is 0 Å². The van der Waals surface area contributed by atoms with E-state index in [1.165, 1.54) is 0 Å². The van der Waals surface area contributed by atoms with E-state index in [0.717, 1.165) is 33.0 Å². The average molecular weight is 246 g/mol. The first-order valence-electron chi connectivity index (χ1n) is 5.99. The minimum absolute atomic E-state index is 0.0244. The maximum atomic E-state index is 11.0. The Morgan fingerprint density at radius 3 is 2.47 bits per heavy atom. The van der Waals surface area contributed by atoms with Gasteiger partial charge in [0.05, 0.1) is 11.0 Å². The molecule has 89 valence electrons. The molecule has 0 N–H and O–H groups in total. The van der Waals surface area contributed by atoms with Crippen molar-refractivity contribution in [2.45, 2.75) is 0 Å². The van der Waals surface area contributed by atoms with Gasteiger partial charge in [-0.2, -0.15) is 0 Å². The second kappa shape index (κ2) is 3.42. The molecule has 3 nitrogen and oxygen atoms in total. The number of benzene rings is 3. The van der Waals surface area contributed by atoms with Crippen molar-refractivity contribution in [2.75, 3.05) is 0 Å². The number of hydrogen-bond donors (Lipinski definition) is 0. The number of rotatable bonds is 1. The molecule has 4 rings (SSSR count). The molecule has 0 heterocycles. The van der Waals surface area contributed by atoms with Crippen LogP contribution in [0, 0.1) is 16.2 Å². The van der Waals surface area contributed by atoms with Crippen LogP contribution >= 0.6 is 0 Å². The molecule has 0 unspecified atom stereocenters. The zero-order valence-corrected chi connectivity index (χ0v) is 9.88. The summed E-state index contributed by atoms with van der Waals surface area (Å²) in [5.41, 5.74) is 4.15. The topological polar surface area (TPSA) is 43.1 Å². The third kappa shape index (κ3) is 1.27. The lowest BCUT2D eigenvalue weighted by Crippen LogP contribution is -1.89. The molecule has 19 heavy (non-hydrogen) atoms. The zero-order valence-electron chi connectivity index (χ0n) is 9.88. The van der Waals surface area contributed by atoms with Crippen molar-refractivity contribution in [3.05, 3.63) is 64.7 Å². The number of fused-ring (bicyclic) bond motifs is 3. The van der Waals surface area contributed by atoms with E-state index < -0.39 is 0 Å². The highest BCUT2D eigenvalue weighted by atomic mass is 16.6. The fourth-order valence-electron chi connectivity index (χ4n) is 2.80. The van der Waals surface area contributed by atoms with Crippen LogP contribution in [-0.2, 0) is 0 Å². The molecule has 0 saturated heterocycles. The van der Waals surface area contributed by atoms with Crippen LogP contribution in [0.3, 0.4) is 0 Å². The molecule has 0 aliphatic heterocycles. The van der Waals surface area contributed by atoms with Crippen LogP contribution in [0.25, 0.3) is 33.0 Å². The first kappa shape index (κ1) is 10.3. The van der Waals surface area contributed by atoms with Crippen LogP contribution in [0.4, 0.5) is 5.69 Å². The molecule has 1 radical (unpaired) electrons. The van der Waals surface area contributed by atoms with E-state index in [0.29, 0.717) is 0 Å². The predicted molar refractivity (Wildman–Crippen MR) is 73.9 cm³/mol. The molecule has 0 bridgehead atoms. The smallest absolute Gasteiger partial charge is 0.258 e. The molecule has 1 aliphatic carbocycles. The van der Waals surface area contributed by atoms with Crippen molar-refractivity contribution >= 4 is 16.5 Å². The van der Waals surface area contributed by atoms with Crippen LogP contribution in [0.2, 0.25) is 0 Å². The minimum atomic E-state index is -0.385. The molecule has 0 aromatic heterocycles. The molecule has 0 amide bonds. The zero-order chi connectivity index (χ0) is 13.0. The first-order chi connectivity index (χ1) is 9.25. The Kier molecular flexibility index (Phi) is 1.85. The summed E-state index contributed by atoms with van der Waals surface area (Å²) >= 11 is 0. The van der Waals surface area contributed by atoms with E-state index in [1.807, 2.05) is 36.4 Å². The van der Waals surface area contributed by atoms with Crippen molar-refractivity contribution in [3.8, 4) is 22.3 Å². The highest BCUT2D eigenvalue weighted by Crippen LogP contribution is 2.47. The number of nitrogens with zero attached hydrogens (tertiary/aromatic N) is 1. The molecular weight excluding hydrogens is 238 g/mol. The Balaban J connectivity index is 2.21. The van der Waals surface area contributed by atoms with Gasteiger partial charge in [0.25, 0.3) is 5.69 Å². The summed E-state index contributed by atoms with van der Waals surface area (Å²) in [6.07, 6.45) is 0. The summed E-state index contributed by atoms with van der Waals surface area (Å²) in [4.78, 5) is 10.6. The number of nitro groups is 1. The Morgan fingerprint density at radius 1 is 0.947 bits per heavy atom. The SMILES string of the molecule is O=[N+]([O-])c1[c]c2c3c(cccc3c1)-c1ccccc1-2. The van der Waals surface area contributed by atoms with Gasteiger partial charge in [0.2, 0.25) is 0 Å². The second-order valence-corrected chi connectivity index (χ2v) is 4.60. The van der Waals surface area contributed by atoms with Crippen molar-refractivity contribution in [1.82, 2.24) is 0 Å². The summed E-state index contributed by atoms with van der Waals surface area (Å²) in [7, 11) is 0. The molecule has 0 saturated carbocycles. The Bertz CT molecular complexity index is 852. The molecular formula is C16H8NO2. The van der Waals surface area contributed by atoms with Gasteiger partial charge in [-0.05, 0) is 27.5 Å². The normalized spacial score (nSPS) is 11.6. The standard InChI is InChI=1S/C16H8NO2/c18-17(19)11-8-10-4-3-7-14-12-5-1-2-6-13(12)15(9-11)16(10)14/h1-8H. The summed E-state index contributed by atoms with van der Waals surface area (Å²) in [6, 6.07) is 18.4. The van der Waals surface area contributed by atoms with Gasteiger partial charge in [-0.1, -0.05) is 42.5 Å². The van der Waals surface area contributed by atoms with Gasteiger partial charge in [0.15, 0.2) is 0 Å². The lowest BCUT2D eigenvalue weighted by Gasteiger charge is -2.01. The fourth-order valence-corrected chi connectivity index (χ4v) is 2.80. The van der Waals surface area contributed by atoms with Crippen molar-refractivity contribution in [2.24, 2.45) is 0 Å². The average Bonchev–Trinajstić information content (AvgIpc) is 2.76. The van der Waals surface area contributed by atoms with Crippen LogP contribution in [0.15, 0.2) is 48.5 Å². The van der Waals surface area contributed by atoms with Gasteiger partial charge in [-0.3, -0.25) is 10.1 Å². The molecule has 0 atom stereocenters. The van der Waals surface area contributed by atoms with Gasteiger partial charge in [-0.25, -0.2) is 0 Å². The lowest BCUT2D eigenvalue weighted by molar-refractivity contribution is -0.385. The predicted octanol–water partition coefficient (Wildman–Crippen LogP) is 4.20. The molecule has 0 fully saturated rings. The van der Waals surface area contributed by atoms with Gasteiger partial charge < -0.3 is 0 Å². The van der Waals surface area contributed by atoms with Crippen molar-refractivity contribution < 1.29 is 4.92 Å². The third-order valence-electron chi connectivity index (χ3n) is 3.58. The first-order valence-corrected chi connectivity index (χ1v) is 5.99. The van der Waals surface area contributed by atoms with Gasteiger partial charge in [0, 0.05) is 11.6 Å². The lowest BCUT2D eigenvalue weighted by atomic mass is 10.0. The van der Waals surface area contributed by atoms with Crippen LogP contribution in [-0.4, -0.2) is 4.92 Å². The second-order valence-electron chi connectivity index (χ2n) is 4.60. The van der Waals surface area contributed by atoms with E-state index >= 15 is 0 Å². The quantitative estimate of drug-likeness (QED) is 0.373. The van der Waals surface area contributed by atoms with Crippen molar-refractivity contribution in [1.29, 1.82) is 0 Å². The van der Waals surface area contributed by atoms with E-state index in [4.69, 9.17) is 0 Å². The Hall–Kier alpha value is -2.68. The molecule has 1 aliphatic rings. The van der Waals surface area contributed by atoms with Crippen LogP contribution < -0.4 is 0 Å². The summed E-state index contributed by atoms with van der Waals surface area (Å²) in [5, 5.41) is 13.0.